The lowest BCUT2D eigenvalue weighted by Crippen LogP contribution is -2.08. The molecule has 3 nitrogen and oxygen atoms in total. The van der Waals surface area contributed by atoms with E-state index in [-0.39, 0.29) is 0 Å². The zero-order valence-corrected chi connectivity index (χ0v) is 13.1. The molecular weight excluding hydrogens is 294 g/mol. The molecule has 1 unspecified atom stereocenters. The molecule has 0 radical (unpaired) electrons. The summed E-state index contributed by atoms with van der Waals surface area (Å²) in [4.78, 5) is 0. The second-order valence-electron chi connectivity index (χ2n) is 4.33. The average Bonchev–Trinajstić information content (AvgIpc) is 2.37. The van der Waals surface area contributed by atoms with Gasteiger partial charge in [0.1, 0.15) is 0 Å². The Hall–Kier alpha value is -0.740. The van der Waals surface area contributed by atoms with Crippen LogP contribution >= 0.6 is 15.9 Å². The van der Waals surface area contributed by atoms with E-state index in [0.717, 1.165) is 28.8 Å². The average molecular weight is 316 g/mol. The van der Waals surface area contributed by atoms with Crippen LogP contribution in [-0.4, -0.2) is 20.8 Å². The van der Waals surface area contributed by atoms with Crippen LogP contribution in [0.3, 0.4) is 0 Å². The van der Waals surface area contributed by atoms with Crippen molar-refractivity contribution in [3.63, 3.8) is 0 Å². The fourth-order valence-electron chi connectivity index (χ4n) is 2.21. The van der Waals surface area contributed by atoms with Gasteiger partial charge in [0.15, 0.2) is 11.5 Å². The van der Waals surface area contributed by atoms with Crippen LogP contribution in [0.2, 0.25) is 0 Å². The van der Waals surface area contributed by atoms with Crippen LogP contribution in [0.1, 0.15) is 37.3 Å². The molecule has 1 atom stereocenters. The number of hydrogen-bond acceptors (Lipinski definition) is 3. The molecular formula is C14H22BrNO2. The summed E-state index contributed by atoms with van der Waals surface area (Å²) in [5.41, 5.74) is 8.21. The van der Waals surface area contributed by atoms with Crippen molar-refractivity contribution in [1.82, 2.24) is 0 Å². The Balaban J connectivity index is 3.37. The van der Waals surface area contributed by atoms with E-state index in [4.69, 9.17) is 15.2 Å². The number of halogens is 1. The van der Waals surface area contributed by atoms with Gasteiger partial charge in [-0.25, -0.2) is 0 Å². The van der Waals surface area contributed by atoms with Crippen molar-refractivity contribution < 1.29 is 9.47 Å². The SMILES string of the molecule is CCc1c(C(C)CCN)cc(OC)c(OC)c1Br. The highest BCUT2D eigenvalue weighted by Crippen LogP contribution is 2.42. The summed E-state index contributed by atoms with van der Waals surface area (Å²) in [6.45, 7) is 5.03. The molecule has 0 aliphatic carbocycles. The molecule has 0 saturated carbocycles. The van der Waals surface area contributed by atoms with Crippen molar-refractivity contribution in [3.8, 4) is 11.5 Å². The minimum absolute atomic E-state index is 0.418. The number of methoxy groups -OCH3 is 2. The Kier molecular flexibility index (Phi) is 5.96. The Labute approximate surface area is 118 Å². The maximum atomic E-state index is 5.66. The van der Waals surface area contributed by atoms with Crippen LogP contribution in [-0.2, 0) is 6.42 Å². The standard InChI is InChI=1S/C14H22BrNO2/c1-5-10-11(9(2)6-7-16)8-12(17-3)14(18-4)13(10)15/h8-9H,5-7,16H2,1-4H3. The first kappa shape index (κ1) is 15.3. The third-order valence-electron chi connectivity index (χ3n) is 3.23. The van der Waals surface area contributed by atoms with Crippen LogP contribution in [0.5, 0.6) is 11.5 Å². The predicted octanol–water partition coefficient (Wildman–Crippen LogP) is 3.48. The fourth-order valence-corrected chi connectivity index (χ4v) is 3.08. The molecule has 2 N–H and O–H groups in total. The second-order valence-corrected chi connectivity index (χ2v) is 5.12. The summed E-state index contributed by atoms with van der Waals surface area (Å²) in [6.07, 6.45) is 1.92. The maximum absolute atomic E-state index is 5.66. The van der Waals surface area contributed by atoms with Gasteiger partial charge in [0.2, 0.25) is 0 Å². The molecule has 0 bridgehead atoms. The van der Waals surface area contributed by atoms with Gasteiger partial charge in [0.05, 0.1) is 18.7 Å². The minimum Gasteiger partial charge on any atom is -0.493 e. The molecule has 0 aliphatic heterocycles. The van der Waals surface area contributed by atoms with Crippen molar-refractivity contribution in [2.45, 2.75) is 32.6 Å². The molecule has 0 saturated heterocycles. The normalized spacial score (nSPS) is 12.3. The zero-order valence-electron chi connectivity index (χ0n) is 11.5. The van der Waals surface area contributed by atoms with Crippen LogP contribution in [0.15, 0.2) is 10.5 Å². The second kappa shape index (κ2) is 7.00. The maximum Gasteiger partial charge on any atom is 0.175 e. The molecule has 4 heteroatoms. The van der Waals surface area contributed by atoms with Crippen LogP contribution in [0.4, 0.5) is 0 Å². The molecule has 0 aliphatic rings. The first-order valence-electron chi connectivity index (χ1n) is 6.23. The highest BCUT2D eigenvalue weighted by Gasteiger charge is 2.19. The molecule has 1 aromatic rings. The molecule has 0 amide bonds. The van der Waals surface area contributed by atoms with Crippen LogP contribution < -0.4 is 15.2 Å². The van der Waals surface area contributed by atoms with Crippen molar-refractivity contribution >= 4 is 15.9 Å². The van der Waals surface area contributed by atoms with Crippen molar-refractivity contribution in [2.24, 2.45) is 5.73 Å². The molecule has 0 heterocycles. The van der Waals surface area contributed by atoms with Crippen molar-refractivity contribution in [1.29, 1.82) is 0 Å². The van der Waals surface area contributed by atoms with Gasteiger partial charge in [0, 0.05) is 0 Å². The van der Waals surface area contributed by atoms with Gasteiger partial charge >= 0.3 is 0 Å². The Morgan fingerprint density at radius 3 is 2.44 bits per heavy atom. The summed E-state index contributed by atoms with van der Waals surface area (Å²) in [5, 5.41) is 0. The lowest BCUT2D eigenvalue weighted by molar-refractivity contribution is 0.351. The lowest BCUT2D eigenvalue weighted by atomic mass is 9.91. The Morgan fingerprint density at radius 1 is 1.33 bits per heavy atom. The van der Waals surface area contributed by atoms with Gasteiger partial charge < -0.3 is 15.2 Å². The first-order valence-corrected chi connectivity index (χ1v) is 7.03. The highest BCUT2D eigenvalue weighted by molar-refractivity contribution is 9.10. The van der Waals surface area contributed by atoms with Gasteiger partial charge in [-0.05, 0) is 58.4 Å². The van der Waals surface area contributed by atoms with Gasteiger partial charge in [-0.1, -0.05) is 13.8 Å². The van der Waals surface area contributed by atoms with Gasteiger partial charge in [-0.3, -0.25) is 0 Å². The smallest absolute Gasteiger partial charge is 0.175 e. The van der Waals surface area contributed by atoms with E-state index in [1.807, 2.05) is 0 Å². The van der Waals surface area contributed by atoms with E-state index in [1.54, 1.807) is 14.2 Å². The number of benzene rings is 1. The number of nitrogens with two attached hydrogens (primary N) is 1. The topological polar surface area (TPSA) is 44.5 Å². The lowest BCUT2D eigenvalue weighted by Gasteiger charge is -2.20. The van der Waals surface area contributed by atoms with Gasteiger partial charge in [0.25, 0.3) is 0 Å². The van der Waals surface area contributed by atoms with E-state index in [2.05, 4.69) is 35.8 Å². The quantitative estimate of drug-likeness (QED) is 0.874. The van der Waals surface area contributed by atoms with E-state index >= 15 is 0 Å². The van der Waals surface area contributed by atoms with E-state index in [9.17, 15) is 0 Å². The van der Waals surface area contributed by atoms with E-state index in [0.29, 0.717) is 12.5 Å². The summed E-state index contributed by atoms with van der Waals surface area (Å²) in [6, 6.07) is 2.07. The minimum atomic E-state index is 0.418. The first-order chi connectivity index (χ1) is 8.60. The molecule has 18 heavy (non-hydrogen) atoms. The third-order valence-corrected chi connectivity index (χ3v) is 4.07. The highest BCUT2D eigenvalue weighted by atomic mass is 79.9. The summed E-state index contributed by atoms with van der Waals surface area (Å²) in [5.74, 6) is 1.94. The summed E-state index contributed by atoms with van der Waals surface area (Å²) in [7, 11) is 3.32. The molecule has 102 valence electrons. The largest absolute Gasteiger partial charge is 0.493 e. The number of ether oxygens (including phenoxy) is 2. The van der Waals surface area contributed by atoms with Crippen molar-refractivity contribution in [3.05, 3.63) is 21.7 Å². The Bertz CT molecular complexity index is 407. The van der Waals surface area contributed by atoms with Gasteiger partial charge in [-0.2, -0.15) is 0 Å². The molecule has 1 rings (SSSR count). The zero-order chi connectivity index (χ0) is 13.7. The molecule has 1 aromatic carbocycles. The molecule has 0 spiro atoms. The van der Waals surface area contributed by atoms with Crippen molar-refractivity contribution in [2.75, 3.05) is 20.8 Å². The van der Waals surface area contributed by atoms with E-state index < -0.39 is 0 Å². The Morgan fingerprint density at radius 2 is 2.00 bits per heavy atom. The molecule has 0 fully saturated rings. The van der Waals surface area contributed by atoms with Gasteiger partial charge in [-0.15, -0.1) is 0 Å². The monoisotopic (exact) mass is 315 g/mol. The number of hydrogen-bond donors (Lipinski definition) is 1. The fraction of sp³-hybridized carbons (Fsp3) is 0.571. The third kappa shape index (κ3) is 2.98. The molecule has 0 aromatic heterocycles. The number of rotatable bonds is 6. The van der Waals surface area contributed by atoms with Crippen LogP contribution in [0.25, 0.3) is 0 Å². The van der Waals surface area contributed by atoms with Crippen LogP contribution in [0, 0.1) is 0 Å². The summed E-state index contributed by atoms with van der Waals surface area (Å²) < 4.78 is 11.8. The predicted molar refractivity (Wildman–Crippen MR) is 78.7 cm³/mol. The summed E-state index contributed by atoms with van der Waals surface area (Å²) >= 11 is 3.63. The van der Waals surface area contributed by atoms with E-state index in [1.165, 1.54) is 11.1 Å².